The van der Waals surface area contributed by atoms with Crippen LogP contribution in [0.4, 0.5) is 0 Å². The predicted molar refractivity (Wildman–Crippen MR) is 75.5 cm³/mol. The van der Waals surface area contributed by atoms with Crippen molar-refractivity contribution < 1.29 is 4.79 Å². The van der Waals surface area contributed by atoms with E-state index < -0.39 is 0 Å². The lowest BCUT2D eigenvalue weighted by atomic mass is 10.2. The summed E-state index contributed by atoms with van der Waals surface area (Å²) in [6.07, 6.45) is 5.37. The third kappa shape index (κ3) is 4.17. The number of amides is 1. The van der Waals surface area contributed by atoms with Crippen molar-refractivity contribution in [2.75, 3.05) is 26.2 Å². The fourth-order valence-electron chi connectivity index (χ4n) is 2.21. The van der Waals surface area contributed by atoms with Gasteiger partial charge in [-0.15, -0.1) is 0 Å². The van der Waals surface area contributed by atoms with Gasteiger partial charge >= 0.3 is 0 Å². The van der Waals surface area contributed by atoms with Crippen LogP contribution in [0.1, 0.15) is 19.4 Å². The second-order valence-electron chi connectivity index (χ2n) is 5.18. The van der Waals surface area contributed by atoms with Crippen molar-refractivity contribution >= 4 is 5.91 Å². The van der Waals surface area contributed by atoms with Gasteiger partial charge in [0.1, 0.15) is 0 Å². The van der Waals surface area contributed by atoms with Gasteiger partial charge in [0, 0.05) is 51.2 Å². The maximum atomic E-state index is 11.9. The molecule has 1 aromatic heterocycles. The van der Waals surface area contributed by atoms with Crippen molar-refractivity contribution in [2.24, 2.45) is 0 Å². The Balaban J connectivity index is 1.83. The van der Waals surface area contributed by atoms with E-state index in [2.05, 4.69) is 9.88 Å². The van der Waals surface area contributed by atoms with E-state index in [1.807, 2.05) is 43.3 Å². The number of hydrogen-bond acceptors (Lipinski definition) is 3. The van der Waals surface area contributed by atoms with E-state index in [9.17, 15) is 4.79 Å². The average Bonchev–Trinajstić information content (AvgIpc) is 2.40. The lowest BCUT2D eigenvalue weighted by Crippen LogP contribution is -2.47. The van der Waals surface area contributed by atoms with Crippen molar-refractivity contribution in [1.82, 2.24) is 14.8 Å². The summed E-state index contributed by atoms with van der Waals surface area (Å²) in [5.74, 6) is 0.142. The molecule has 0 spiro atoms. The highest BCUT2D eigenvalue weighted by atomic mass is 16.2. The van der Waals surface area contributed by atoms with Crippen molar-refractivity contribution in [3.05, 3.63) is 41.7 Å². The Kier molecular flexibility index (Phi) is 4.68. The normalized spacial score (nSPS) is 16.2. The van der Waals surface area contributed by atoms with E-state index in [1.165, 1.54) is 5.56 Å². The fraction of sp³-hybridized carbons (Fsp3) is 0.467. The number of carbonyl (C=O) groups is 1. The van der Waals surface area contributed by atoms with Crippen LogP contribution >= 0.6 is 0 Å². The van der Waals surface area contributed by atoms with E-state index in [1.54, 1.807) is 6.08 Å². The Morgan fingerprint density at radius 1 is 1.21 bits per heavy atom. The maximum absolute atomic E-state index is 11.9. The van der Waals surface area contributed by atoms with Gasteiger partial charge in [0.05, 0.1) is 0 Å². The van der Waals surface area contributed by atoms with Gasteiger partial charge in [-0.1, -0.05) is 5.57 Å². The smallest absolute Gasteiger partial charge is 0.246 e. The summed E-state index contributed by atoms with van der Waals surface area (Å²) < 4.78 is 0. The summed E-state index contributed by atoms with van der Waals surface area (Å²) in [4.78, 5) is 20.2. The number of piperazine rings is 1. The molecule has 0 bridgehead atoms. The Labute approximate surface area is 114 Å². The zero-order chi connectivity index (χ0) is 13.7. The van der Waals surface area contributed by atoms with E-state index in [-0.39, 0.29) is 5.91 Å². The monoisotopic (exact) mass is 259 g/mol. The maximum Gasteiger partial charge on any atom is 0.246 e. The third-order valence-corrected chi connectivity index (χ3v) is 3.25. The molecule has 1 amide bonds. The third-order valence-electron chi connectivity index (χ3n) is 3.25. The zero-order valence-corrected chi connectivity index (χ0v) is 11.7. The summed E-state index contributed by atoms with van der Waals surface area (Å²) in [6, 6.07) is 4.08. The van der Waals surface area contributed by atoms with Crippen LogP contribution in [0, 0.1) is 0 Å². The fourth-order valence-corrected chi connectivity index (χ4v) is 2.21. The first-order chi connectivity index (χ1) is 9.15. The largest absolute Gasteiger partial charge is 0.337 e. The Morgan fingerprint density at radius 2 is 1.84 bits per heavy atom. The van der Waals surface area contributed by atoms with Crippen LogP contribution < -0.4 is 0 Å². The van der Waals surface area contributed by atoms with Gasteiger partial charge in [-0.25, -0.2) is 0 Å². The molecule has 1 aliphatic heterocycles. The summed E-state index contributed by atoms with van der Waals surface area (Å²) in [5, 5.41) is 0. The lowest BCUT2D eigenvalue weighted by molar-refractivity contribution is -0.127. The topological polar surface area (TPSA) is 36.4 Å². The summed E-state index contributed by atoms with van der Waals surface area (Å²) >= 11 is 0. The van der Waals surface area contributed by atoms with Crippen molar-refractivity contribution in [2.45, 2.75) is 20.4 Å². The van der Waals surface area contributed by atoms with Gasteiger partial charge in [0.2, 0.25) is 5.91 Å². The Bertz CT molecular complexity index is 444. The van der Waals surface area contributed by atoms with E-state index >= 15 is 0 Å². The SMILES string of the molecule is CC(C)=CC(=O)N1CCN(Cc2ccncc2)CC1. The van der Waals surface area contributed by atoms with Gasteiger partial charge in [-0.3, -0.25) is 14.7 Å². The van der Waals surface area contributed by atoms with Crippen LogP contribution in [-0.2, 0) is 11.3 Å². The number of aromatic nitrogens is 1. The lowest BCUT2D eigenvalue weighted by Gasteiger charge is -2.34. The molecule has 19 heavy (non-hydrogen) atoms. The van der Waals surface area contributed by atoms with Crippen LogP contribution in [0.3, 0.4) is 0 Å². The van der Waals surface area contributed by atoms with Crippen molar-refractivity contribution in [3.63, 3.8) is 0 Å². The number of carbonyl (C=O) groups excluding carboxylic acids is 1. The molecule has 0 saturated carbocycles. The second kappa shape index (κ2) is 6.48. The van der Waals surface area contributed by atoms with Crippen molar-refractivity contribution in [1.29, 1.82) is 0 Å². The van der Waals surface area contributed by atoms with Crippen LogP contribution in [0.15, 0.2) is 36.2 Å². The molecule has 0 unspecified atom stereocenters. The van der Waals surface area contributed by atoms with Crippen LogP contribution in [0.5, 0.6) is 0 Å². The number of allylic oxidation sites excluding steroid dienone is 1. The van der Waals surface area contributed by atoms with Crippen LogP contribution in [0.25, 0.3) is 0 Å². The molecule has 4 heteroatoms. The number of hydrogen-bond donors (Lipinski definition) is 0. The molecule has 1 fully saturated rings. The predicted octanol–water partition coefficient (Wildman–Crippen LogP) is 1.69. The number of nitrogens with zero attached hydrogens (tertiary/aromatic N) is 3. The molecule has 0 atom stereocenters. The molecule has 0 N–H and O–H groups in total. The minimum Gasteiger partial charge on any atom is -0.337 e. The van der Waals surface area contributed by atoms with Crippen molar-refractivity contribution in [3.8, 4) is 0 Å². The highest BCUT2D eigenvalue weighted by molar-refractivity contribution is 5.88. The highest BCUT2D eigenvalue weighted by Gasteiger charge is 2.19. The quantitative estimate of drug-likeness (QED) is 0.775. The first kappa shape index (κ1) is 13.7. The number of pyridine rings is 1. The molecule has 0 aromatic carbocycles. The molecular weight excluding hydrogens is 238 g/mol. The molecule has 1 saturated heterocycles. The molecule has 1 aromatic rings. The van der Waals surface area contributed by atoms with Gasteiger partial charge in [0.25, 0.3) is 0 Å². The molecular formula is C15H21N3O. The summed E-state index contributed by atoms with van der Waals surface area (Å²) in [6.45, 7) is 8.35. The summed E-state index contributed by atoms with van der Waals surface area (Å²) in [5.41, 5.74) is 2.34. The van der Waals surface area contributed by atoms with Gasteiger partial charge in [-0.05, 0) is 31.5 Å². The van der Waals surface area contributed by atoms with Crippen LogP contribution in [-0.4, -0.2) is 46.9 Å². The molecule has 2 heterocycles. The van der Waals surface area contributed by atoms with Gasteiger partial charge in [0.15, 0.2) is 0 Å². The number of rotatable bonds is 3. The van der Waals surface area contributed by atoms with Gasteiger partial charge in [-0.2, -0.15) is 0 Å². The van der Waals surface area contributed by atoms with E-state index in [0.717, 1.165) is 38.3 Å². The molecule has 0 radical (unpaired) electrons. The first-order valence-electron chi connectivity index (χ1n) is 6.70. The Hall–Kier alpha value is -1.68. The minimum absolute atomic E-state index is 0.142. The first-order valence-corrected chi connectivity index (χ1v) is 6.70. The van der Waals surface area contributed by atoms with E-state index in [4.69, 9.17) is 0 Å². The molecule has 4 nitrogen and oxygen atoms in total. The molecule has 2 rings (SSSR count). The minimum atomic E-state index is 0.142. The van der Waals surface area contributed by atoms with E-state index in [0.29, 0.717) is 0 Å². The average molecular weight is 259 g/mol. The molecule has 1 aliphatic rings. The Morgan fingerprint density at radius 3 is 2.42 bits per heavy atom. The molecule has 0 aliphatic carbocycles. The second-order valence-corrected chi connectivity index (χ2v) is 5.18. The standard InChI is InChI=1S/C15H21N3O/c1-13(2)11-15(19)18-9-7-17(8-10-18)12-14-3-5-16-6-4-14/h3-6,11H,7-10,12H2,1-2H3. The van der Waals surface area contributed by atoms with Gasteiger partial charge < -0.3 is 4.90 Å². The van der Waals surface area contributed by atoms with Crippen LogP contribution in [0.2, 0.25) is 0 Å². The summed E-state index contributed by atoms with van der Waals surface area (Å²) in [7, 11) is 0. The highest BCUT2D eigenvalue weighted by Crippen LogP contribution is 2.08. The zero-order valence-electron chi connectivity index (χ0n) is 11.7. The molecule has 102 valence electrons.